The molecule has 3 aromatic rings. The molecule has 0 amide bonds. The number of fused-ring (bicyclic) bond motifs is 1. The summed E-state index contributed by atoms with van der Waals surface area (Å²) in [5, 5.41) is 4.16. The van der Waals surface area contributed by atoms with E-state index in [-0.39, 0.29) is 12.1 Å². The first-order chi connectivity index (χ1) is 10.5. The normalized spacial score (nSPS) is 11.1. The third-order valence-electron chi connectivity index (χ3n) is 3.09. The number of nitrogens with zero attached hydrogens (tertiary/aromatic N) is 3. The van der Waals surface area contributed by atoms with Gasteiger partial charge in [-0.15, -0.1) is 0 Å². The Hall–Kier alpha value is -2.21. The average molecular weight is 360 g/mol. The van der Waals surface area contributed by atoms with Gasteiger partial charge < -0.3 is 4.74 Å². The van der Waals surface area contributed by atoms with Gasteiger partial charge in [-0.3, -0.25) is 0 Å². The van der Waals surface area contributed by atoms with Crippen LogP contribution in [0.15, 0.2) is 47.2 Å². The zero-order valence-corrected chi connectivity index (χ0v) is 13.7. The van der Waals surface area contributed by atoms with Crippen LogP contribution in [-0.2, 0) is 4.74 Å². The first-order valence-corrected chi connectivity index (χ1v) is 7.65. The predicted molar refractivity (Wildman–Crippen MR) is 86.7 cm³/mol. The minimum absolute atomic E-state index is 0.129. The zero-order valence-electron chi connectivity index (χ0n) is 12.2. The van der Waals surface area contributed by atoms with Crippen LogP contribution in [0.25, 0.3) is 16.9 Å². The van der Waals surface area contributed by atoms with Crippen LogP contribution in [0.5, 0.6) is 0 Å². The summed E-state index contributed by atoms with van der Waals surface area (Å²) >= 11 is 3.42. The number of benzene rings is 1. The fourth-order valence-electron chi connectivity index (χ4n) is 2.06. The van der Waals surface area contributed by atoms with Crippen molar-refractivity contribution in [2.75, 3.05) is 0 Å². The van der Waals surface area contributed by atoms with E-state index in [0.717, 1.165) is 21.4 Å². The molecule has 0 saturated heterocycles. The lowest BCUT2D eigenvalue weighted by atomic mass is 10.1. The van der Waals surface area contributed by atoms with Crippen LogP contribution >= 0.6 is 15.9 Å². The van der Waals surface area contributed by atoms with Crippen molar-refractivity contribution < 1.29 is 9.53 Å². The monoisotopic (exact) mass is 359 g/mol. The maximum absolute atomic E-state index is 11.8. The Labute approximate surface area is 136 Å². The van der Waals surface area contributed by atoms with Gasteiger partial charge >= 0.3 is 5.97 Å². The van der Waals surface area contributed by atoms with Crippen LogP contribution in [0.3, 0.4) is 0 Å². The lowest BCUT2D eigenvalue weighted by Gasteiger charge is -2.08. The second-order valence-electron chi connectivity index (χ2n) is 5.10. The smallest absolute Gasteiger partial charge is 0.338 e. The molecule has 0 atom stereocenters. The number of aromatic nitrogens is 3. The van der Waals surface area contributed by atoms with Crippen LogP contribution < -0.4 is 0 Å². The van der Waals surface area contributed by atoms with Crippen molar-refractivity contribution in [2.45, 2.75) is 20.0 Å². The van der Waals surface area contributed by atoms with Gasteiger partial charge in [-0.1, -0.05) is 12.1 Å². The molecular weight excluding hydrogens is 346 g/mol. The zero-order chi connectivity index (χ0) is 15.7. The van der Waals surface area contributed by atoms with E-state index in [2.05, 4.69) is 26.0 Å². The molecule has 0 radical (unpaired) electrons. The van der Waals surface area contributed by atoms with E-state index < -0.39 is 0 Å². The Bertz CT molecular complexity index is 825. The number of ether oxygens (including phenoxy) is 1. The van der Waals surface area contributed by atoms with Gasteiger partial charge in [0.15, 0.2) is 5.65 Å². The predicted octanol–water partition coefficient (Wildman–Crippen LogP) is 3.72. The summed E-state index contributed by atoms with van der Waals surface area (Å²) in [6, 6.07) is 9.10. The second-order valence-corrected chi connectivity index (χ2v) is 5.96. The highest BCUT2D eigenvalue weighted by Gasteiger charge is 2.10. The highest BCUT2D eigenvalue weighted by atomic mass is 79.9. The number of carbonyl (C=O) groups excluding carboxylic acids is 1. The van der Waals surface area contributed by atoms with Crippen LogP contribution in [0.1, 0.15) is 24.2 Å². The maximum atomic E-state index is 11.8. The Morgan fingerprint density at radius 3 is 2.64 bits per heavy atom. The van der Waals surface area contributed by atoms with E-state index in [1.54, 1.807) is 22.8 Å². The van der Waals surface area contributed by atoms with E-state index in [1.807, 2.05) is 38.2 Å². The minimum atomic E-state index is -0.316. The number of rotatable bonds is 3. The molecule has 0 bridgehead atoms. The molecule has 0 aliphatic carbocycles. The van der Waals surface area contributed by atoms with Crippen molar-refractivity contribution in [3.05, 3.63) is 52.8 Å². The second kappa shape index (κ2) is 5.88. The first-order valence-electron chi connectivity index (χ1n) is 6.86. The Balaban J connectivity index is 1.90. The molecule has 2 heterocycles. The van der Waals surface area contributed by atoms with Gasteiger partial charge in [0.2, 0.25) is 0 Å². The molecule has 0 aliphatic rings. The molecule has 3 rings (SSSR count). The van der Waals surface area contributed by atoms with Gasteiger partial charge in [-0.2, -0.15) is 5.10 Å². The van der Waals surface area contributed by atoms with Gasteiger partial charge in [0.1, 0.15) is 0 Å². The molecule has 0 fully saturated rings. The molecule has 6 heteroatoms. The molecule has 22 heavy (non-hydrogen) atoms. The Kier molecular flexibility index (Phi) is 3.94. The molecule has 0 saturated carbocycles. The standard InChI is InChI=1S/C16H14BrN3O2/c1-10(2)22-16(21)12-5-3-11(4-6-12)14-7-8-20-15(19-14)13(17)9-18-20/h3-10H,1-2H3. The number of halogens is 1. The topological polar surface area (TPSA) is 56.5 Å². The summed E-state index contributed by atoms with van der Waals surface area (Å²) in [6.45, 7) is 3.66. The van der Waals surface area contributed by atoms with Crippen molar-refractivity contribution in [3.63, 3.8) is 0 Å². The quantitative estimate of drug-likeness (QED) is 0.668. The van der Waals surface area contributed by atoms with Gasteiger partial charge in [0.25, 0.3) is 0 Å². The molecule has 0 unspecified atom stereocenters. The average Bonchev–Trinajstić information content (AvgIpc) is 2.88. The van der Waals surface area contributed by atoms with Crippen LogP contribution in [-0.4, -0.2) is 26.7 Å². The van der Waals surface area contributed by atoms with Crippen LogP contribution in [0.2, 0.25) is 0 Å². The summed E-state index contributed by atoms with van der Waals surface area (Å²) in [5.41, 5.74) is 3.03. The van der Waals surface area contributed by atoms with E-state index in [4.69, 9.17) is 4.74 Å². The maximum Gasteiger partial charge on any atom is 0.338 e. The minimum Gasteiger partial charge on any atom is -0.459 e. The lowest BCUT2D eigenvalue weighted by Crippen LogP contribution is -2.11. The highest BCUT2D eigenvalue weighted by molar-refractivity contribution is 9.10. The van der Waals surface area contributed by atoms with E-state index in [0.29, 0.717) is 5.56 Å². The summed E-state index contributed by atoms with van der Waals surface area (Å²) in [4.78, 5) is 16.4. The summed E-state index contributed by atoms with van der Waals surface area (Å²) in [5.74, 6) is -0.316. The molecule has 0 aliphatic heterocycles. The summed E-state index contributed by atoms with van der Waals surface area (Å²) in [7, 11) is 0. The fourth-order valence-corrected chi connectivity index (χ4v) is 2.42. The fraction of sp³-hybridized carbons (Fsp3) is 0.188. The van der Waals surface area contributed by atoms with Crippen molar-refractivity contribution in [2.24, 2.45) is 0 Å². The largest absolute Gasteiger partial charge is 0.459 e. The molecule has 112 valence electrons. The molecule has 0 N–H and O–H groups in total. The molecule has 1 aromatic carbocycles. The van der Waals surface area contributed by atoms with Gasteiger partial charge in [-0.25, -0.2) is 14.3 Å². The van der Waals surface area contributed by atoms with Crippen molar-refractivity contribution in [1.29, 1.82) is 0 Å². The van der Waals surface area contributed by atoms with Crippen LogP contribution in [0, 0.1) is 0 Å². The van der Waals surface area contributed by atoms with Gasteiger partial charge in [0.05, 0.1) is 28.0 Å². The Morgan fingerprint density at radius 2 is 1.95 bits per heavy atom. The van der Waals surface area contributed by atoms with Crippen molar-refractivity contribution >= 4 is 27.5 Å². The number of hydrogen-bond acceptors (Lipinski definition) is 4. The highest BCUT2D eigenvalue weighted by Crippen LogP contribution is 2.22. The van der Waals surface area contributed by atoms with Crippen LogP contribution in [0.4, 0.5) is 0 Å². The first kappa shape index (κ1) is 14.7. The molecule has 5 nitrogen and oxygen atoms in total. The Morgan fingerprint density at radius 1 is 1.23 bits per heavy atom. The van der Waals surface area contributed by atoms with E-state index >= 15 is 0 Å². The van der Waals surface area contributed by atoms with Gasteiger partial charge in [-0.05, 0) is 48.0 Å². The molecular formula is C16H14BrN3O2. The SMILES string of the molecule is CC(C)OC(=O)c1ccc(-c2ccn3ncc(Br)c3n2)cc1. The van der Waals surface area contributed by atoms with Crippen molar-refractivity contribution in [3.8, 4) is 11.3 Å². The lowest BCUT2D eigenvalue weighted by molar-refractivity contribution is 0.0378. The summed E-state index contributed by atoms with van der Waals surface area (Å²) < 4.78 is 7.71. The van der Waals surface area contributed by atoms with E-state index in [9.17, 15) is 4.79 Å². The van der Waals surface area contributed by atoms with Gasteiger partial charge in [0, 0.05) is 11.8 Å². The summed E-state index contributed by atoms with van der Waals surface area (Å²) in [6.07, 6.45) is 3.43. The molecule has 2 aromatic heterocycles. The van der Waals surface area contributed by atoms with E-state index in [1.165, 1.54) is 0 Å². The number of esters is 1. The number of carbonyl (C=O) groups is 1. The third-order valence-corrected chi connectivity index (χ3v) is 3.64. The number of hydrogen-bond donors (Lipinski definition) is 0. The molecule has 0 spiro atoms. The van der Waals surface area contributed by atoms with Crippen molar-refractivity contribution in [1.82, 2.24) is 14.6 Å². The third kappa shape index (κ3) is 2.87.